The number of hydrogen-bond acceptors (Lipinski definition) is 6. The smallest absolute Gasteiger partial charge is 0.407 e. The van der Waals surface area contributed by atoms with Crippen LogP contribution in [-0.4, -0.2) is 77.6 Å². The fraction of sp³-hybridized carbons (Fsp3) is 0.375. The number of fused-ring (bicyclic) bond motifs is 3. The molecule has 3 aliphatic rings. The number of alkyl carbamates (subject to hydrolysis) is 1. The Morgan fingerprint density at radius 1 is 1.03 bits per heavy atom. The summed E-state index contributed by atoms with van der Waals surface area (Å²) in [5.74, 6) is -2.45. The first kappa shape index (κ1) is 21.4. The molecule has 2 atom stereocenters. The maximum atomic E-state index is 12.7. The van der Waals surface area contributed by atoms with Crippen LogP contribution in [0.5, 0.6) is 0 Å². The van der Waals surface area contributed by atoms with E-state index in [1.165, 1.54) is 4.90 Å². The van der Waals surface area contributed by atoms with E-state index in [4.69, 9.17) is 14.6 Å². The quantitative estimate of drug-likeness (QED) is 0.622. The summed E-state index contributed by atoms with van der Waals surface area (Å²) in [6, 6.07) is 15.5. The number of β-amino-alcohol motifs (C(OH)–C–C–N with tert-alkyl or cyclic N) is 1. The van der Waals surface area contributed by atoms with Crippen LogP contribution in [0.1, 0.15) is 17.0 Å². The van der Waals surface area contributed by atoms with Crippen LogP contribution in [0.4, 0.5) is 4.79 Å². The number of nitrogens with zero attached hydrogens (tertiary/aromatic N) is 1. The van der Waals surface area contributed by atoms with Crippen LogP contribution in [0.15, 0.2) is 48.5 Å². The van der Waals surface area contributed by atoms with E-state index in [9.17, 15) is 19.5 Å². The van der Waals surface area contributed by atoms with Crippen LogP contribution in [0.2, 0.25) is 0 Å². The maximum Gasteiger partial charge on any atom is 0.407 e. The number of carboxylic acids is 1. The van der Waals surface area contributed by atoms with Crippen LogP contribution in [-0.2, 0) is 19.1 Å². The van der Waals surface area contributed by atoms with Crippen molar-refractivity contribution in [3.8, 4) is 11.1 Å². The first-order valence-corrected chi connectivity index (χ1v) is 10.8. The van der Waals surface area contributed by atoms with Gasteiger partial charge in [-0.05, 0) is 22.3 Å². The van der Waals surface area contributed by atoms with E-state index in [0.29, 0.717) is 0 Å². The van der Waals surface area contributed by atoms with E-state index < -0.39 is 29.6 Å². The van der Waals surface area contributed by atoms with Crippen LogP contribution in [0, 0.1) is 5.92 Å². The second kappa shape index (κ2) is 8.17. The summed E-state index contributed by atoms with van der Waals surface area (Å²) in [5, 5.41) is 21.6. The molecule has 0 aromatic heterocycles. The molecule has 2 aliphatic heterocycles. The maximum absolute atomic E-state index is 12.7. The van der Waals surface area contributed by atoms with Crippen molar-refractivity contribution in [2.75, 3.05) is 32.9 Å². The SMILES string of the molecule is O=C(NC1COCC1C(=O)N1CC(O)(C(=O)O)C1)OCC1c2ccccc2-c2ccccc21. The van der Waals surface area contributed by atoms with Gasteiger partial charge in [-0.2, -0.15) is 0 Å². The zero-order chi connectivity index (χ0) is 23.2. The number of aliphatic carboxylic acids is 1. The van der Waals surface area contributed by atoms with E-state index in [-0.39, 0.29) is 44.7 Å². The molecule has 2 amide bonds. The minimum Gasteiger partial charge on any atom is -0.479 e. The third-order valence-corrected chi connectivity index (χ3v) is 6.66. The number of nitrogens with one attached hydrogen (secondary N) is 1. The third kappa shape index (κ3) is 3.73. The number of carbonyl (C=O) groups excluding carboxylic acids is 2. The Balaban J connectivity index is 1.20. The van der Waals surface area contributed by atoms with E-state index in [0.717, 1.165) is 22.3 Å². The molecule has 0 radical (unpaired) electrons. The lowest BCUT2D eigenvalue weighted by Gasteiger charge is -2.44. The first-order chi connectivity index (χ1) is 15.9. The van der Waals surface area contributed by atoms with Crippen LogP contribution in [0.3, 0.4) is 0 Å². The fourth-order valence-corrected chi connectivity index (χ4v) is 4.84. The van der Waals surface area contributed by atoms with Gasteiger partial charge < -0.3 is 29.9 Å². The number of ether oxygens (including phenoxy) is 2. The highest BCUT2D eigenvalue weighted by molar-refractivity contribution is 5.87. The number of hydrogen-bond donors (Lipinski definition) is 3. The summed E-state index contributed by atoms with van der Waals surface area (Å²) < 4.78 is 10.9. The van der Waals surface area contributed by atoms with Crippen LogP contribution >= 0.6 is 0 Å². The Morgan fingerprint density at radius 3 is 2.24 bits per heavy atom. The van der Waals surface area contributed by atoms with E-state index in [2.05, 4.69) is 17.4 Å². The molecule has 2 heterocycles. The van der Waals surface area contributed by atoms with Gasteiger partial charge in [-0.15, -0.1) is 0 Å². The molecule has 2 unspecified atom stereocenters. The largest absolute Gasteiger partial charge is 0.479 e. The molecule has 2 aromatic rings. The summed E-state index contributed by atoms with van der Waals surface area (Å²) in [6.45, 7) is -0.152. The van der Waals surface area contributed by atoms with E-state index in [1.807, 2.05) is 36.4 Å². The van der Waals surface area contributed by atoms with Gasteiger partial charge in [0.1, 0.15) is 6.61 Å². The standard InChI is InChI=1S/C24H24N2O7/c27-21(26-12-24(31,13-26)22(28)29)19-9-32-11-20(19)25-23(30)33-10-18-16-7-3-1-5-14(16)15-6-2-4-8-17(15)18/h1-8,18-20,31H,9-13H2,(H,25,30)(H,28,29). The summed E-state index contributed by atoms with van der Waals surface area (Å²) in [7, 11) is 0. The van der Waals surface area contributed by atoms with Crippen molar-refractivity contribution in [2.45, 2.75) is 17.6 Å². The minimum atomic E-state index is -1.91. The Kier molecular flexibility index (Phi) is 5.30. The Morgan fingerprint density at radius 2 is 1.64 bits per heavy atom. The van der Waals surface area contributed by atoms with Gasteiger partial charge >= 0.3 is 12.1 Å². The van der Waals surface area contributed by atoms with Gasteiger partial charge in [-0.1, -0.05) is 48.5 Å². The second-order valence-corrected chi connectivity index (χ2v) is 8.75. The van der Waals surface area contributed by atoms with E-state index >= 15 is 0 Å². The van der Waals surface area contributed by atoms with Gasteiger partial charge in [0.25, 0.3) is 0 Å². The van der Waals surface area contributed by atoms with Crippen molar-refractivity contribution in [3.63, 3.8) is 0 Å². The number of carbonyl (C=O) groups is 3. The van der Waals surface area contributed by atoms with Crippen molar-refractivity contribution in [2.24, 2.45) is 5.92 Å². The predicted molar refractivity (Wildman–Crippen MR) is 115 cm³/mol. The van der Waals surface area contributed by atoms with E-state index in [1.54, 1.807) is 0 Å². The number of carboxylic acid groups (broad SMARTS) is 1. The Hall–Kier alpha value is -3.43. The summed E-state index contributed by atoms with van der Waals surface area (Å²) in [4.78, 5) is 37.6. The number of amides is 2. The first-order valence-electron chi connectivity index (χ1n) is 10.8. The topological polar surface area (TPSA) is 125 Å². The molecule has 5 rings (SSSR count). The zero-order valence-electron chi connectivity index (χ0n) is 17.8. The van der Waals surface area contributed by atoms with Gasteiger partial charge in [0.2, 0.25) is 5.91 Å². The van der Waals surface area contributed by atoms with Gasteiger partial charge in [-0.25, -0.2) is 9.59 Å². The molecule has 9 heteroatoms. The van der Waals surface area contributed by atoms with Crippen molar-refractivity contribution < 1.29 is 34.1 Å². The molecule has 2 aromatic carbocycles. The number of benzene rings is 2. The van der Waals surface area contributed by atoms with Crippen molar-refractivity contribution >= 4 is 18.0 Å². The van der Waals surface area contributed by atoms with Gasteiger partial charge in [0.05, 0.1) is 38.3 Å². The lowest BCUT2D eigenvalue weighted by Crippen LogP contribution is -2.69. The van der Waals surface area contributed by atoms with Crippen molar-refractivity contribution in [1.29, 1.82) is 0 Å². The molecular weight excluding hydrogens is 428 g/mol. The molecular formula is C24H24N2O7. The summed E-state index contributed by atoms with van der Waals surface area (Å²) in [5.41, 5.74) is 2.56. The fourth-order valence-electron chi connectivity index (χ4n) is 4.84. The van der Waals surface area contributed by atoms with Crippen LogP contribution < -0.4 is 5.32 Å². The molecule has 172 valence electrons. The third-order valence-electron chi connectivity index (χ3n) is 6.66. The zero-order valence-corrected chi connectivity index (χ0v) is 17.8. The molecule has 0 saturated carbocycles. The highest BCUT2D eigenvalue weighted by Crippen LogP contribution is 2.44. The Bertz CT molecular complexity index is 1070. The van der Waals surface area contributed by atoms with Crippen molar-refractivity contribution in [1.82, 2.24) is 10.2 Å². The van der Waals surface area contributed by atoms with Crippen molar-refractivity contribution in [3.05, 3.63) is 59.7 Å². The van der Waals surface area contributed by atoms with Gasteiger partial charge in [0, 0.05) is 5.92 Å². The molecule has 1 aliphatic carbocycles. The number of aliphatic hydroxyl groups is 1. The molecule has 9 nitrogen and oxygen atoms in total. The minimum absolute atomic E-state index is 0.0739. The molecule has 3 N–H and O–H groups in total. The molecule has 0 bridgehead atoms. The molecule has 2 fully saturated rings. The number of rotatable bonds is 5. The van der Waals surface area contributed by atoms with Gasteiger partial charge in [0.15, 0.2) is 5.60 Å². The lowest BCUT2D eigenvalue weighted by molar-refractivity contribution is -0.183. The molecule has 2 saturated heterocycles. The summed E-state index contributed by atoms with van der Waals surface area (Å²) in [6.07, 6.45) is -0.643. The monoisotopic (exact) mass is 452 g/mol. The average Bonchev–Trinajstić information content (AvgIpc) is 3.37. The normalized spacial score (nSPS) is 22.8. The van der Waals surface area contributed by atoms with Crippen LogP contribution in [0.25, 0.3) is 11.1 Å². The van der Waals surface area contributed by atoms with Gasteiger partial charge in [-0.3, -0.25) is 4.79 Å². The Labute approximate surface area is 189 Å². The highest BCUT2D eigenvalue weighted by atomic mass is 16.5. The summed E-state index contributed by atoms with van der Waals surface area (Å²) >= 11 is 0. The highest BCUT2D eigenvalue weighted by Gasteiger charge is 2.52. The number of likely N-dealkylation sites (tertiary alicyclic amines) is 1. The lowest BCUT2D eigenvalue weighted by atomic mass is 9.91. The molecule has 0 spiro atoms. The molecule has 33 heavy (non-hydrogen) atoms. The second-order valence-electron chi connectivity index (χ2n) is 8.75. The average molecular weight is 452 g/mol. The predicted octanol–water partition coefficient (Wildman–Crippen LogP) is 1.20.